The molecule has 1 amide bonds. The van der Waals surface area contributed by atoms with E-state index in [0.717, 1.165) is 31.0 Å². The first kappa shape index (κ1) is 18.0. The largest absolute Gasteiger partial charge is 0.444 e. The molecule has 1 aromatic rings. The molecule has 1 heterocycles. The monoisotopic (exact) mass is 339 g/mol. The van der Waals surface area contributed by atoms with Crippen LogP contribution in [0.2, 0.25) is 0 Å². The Morgan fingerprint density at radius 3 is 2.79 bits per heavy atom. The Hall–Kier alpha value is -2.38. The fourth-order valence-corrected chi connectivity index (χ4v) is 2.69. The minimum atomic E-state index is -0.597. The van der Waals surface area contributed by atoms with E-state index >= 15 is 0 Å². The van der Waals surface area contributed by atoms with E-state index in [0.29, 0.717) is 13.1 Å². The van der Waals surface area contributed by atoms with Gasteiger partial charge in [-0.1, -0.05) is 0 Å². The van der Waals surface area contributed by atoms with Crippen LogP contribution in [0.15, 0.2) is 18.2 Å². The summed E-state index contributed by atoms with van der Waals surface area (Å²) in [5, 5.41) is 13.9. The summed E-state index contributed by atoms with van der Waals surface area (Å²) in [7, 11) is 0. The molecule has 1 atom stereocenters. The molecule has 1 aromatic carbocycles. The standard InChI is InChI=1S/C16H22FN3O4/c1-16(2,3)24-15(21)18-12-5-4-8-19(10-12)14-9-11(17)6-7-13(14)20(22)23/h6-7,9,12H,4-5,8,10H2,1-3H3,(H,18,21). The number of nitro groups is 1. The van der Waals surface area contributed by atoms with Gasteiger partial charge in [0.1, 0.15) is 17.1 Å². The van der Waals surface area contributed by atoms with Crippen molar-refractivity contribution in [1.29, 1.82) is 0 Å². The van der Waals surface area contributed by atoms with E-state index in [-0.39, 0.29) is 17.4 Å². The molecule has 1 N–H and O–H groups in total. The highest BCUT2D eigenvalue weighted by Gasteiger charge is 2.28. The molecule has 0 saturated carbocycles. The summed E-state index contributed by atoms with van der Waals surface area (Å²) < 4.78 is 18.7. The lowest BCUT2D eigenvalue weighted by molar-refractivity contribution is -0.384. The van der Waals surface area contributed by atoms with Crippen molar-refractivity contribution in [1.82, 2.24) is 5.32 Å². The van der Waals surface area contributed by atoms with Gasteiger partial charge in [0.05, 0.1) is 4.92 Å². The van der Waals surface area contributed by atoms with E-state index in [1.807, 2.05) is 0 Å². The molecular weight excluding hydrogens is 317 g/mol. The predicted molar refractivity (Wildman–Crippen MR) is 87.7 cm³/mol. The van der Waals surface area contributed by atoms with Crippen LogP contribution in [0.25, 0.3) is 0 Å². The molecule has 8 heteroatoms. The molecule has 1 aliphatic heterocycles. The Morgan fingerprint density at radius 2 is 2.17 bits per heavy atom. The van der Waals surface area contributed by atoms with Crippen molar-refractivity contribution >= 4 is 17.5 Å². The van der Waals surface area contributed by atoms with Crippen LogP contribution in [0.5, 0.6) is 0 Å². The third-order valence-electron chi connectivity index (χ3n) is 3.62. The molecule has 0 spiro atoms. The van der Waals surface area contributed by atoms with Gasteiger partial charge in [-0.3, -0.25) is 10.1 Å². The molecule has 2 rings (SSSR count). The number of alkyl carbamates (subject to hydrolysis) is 1. The summed E-state index contributed by atoms with van der Waals surface area (Å²) in [4.78, 5) is 24.2. The molecule has 7 nitrogen and oxygen atoms in total. The molecule has 0 aliphatic carbocycles. The summed E-state index contributed by atoms with van der Waals surface area (Å²) in [5.41, 5.74) is -0.509. The smallest absolute Gasteiger partial charge is 0.407 e. The van der Waals surface area contributed by atoms with E-state index < -0.39 is 22.4 Å². The van der Waals surface area contributed by atoms with Crippen molar-refractivity contribution in [3.05, 3.63) is 34.1 Å². The van der Waals surface area contributed by atoms with Crippen molar-refractivity contribution in [3.63, 3.8) is 0 Å². The second-order valence-electron chi connectivity index (χ2n) is 6.82. The zero-order valence-corrected chi connectivity index (χ0v) is 14.0. The van der Waals surface area contributed by atoms with Gasteiger partial charge in [0.15, 0.2) is 0 Å². The Bertz CT molecular complexity index is 630. The first-order chi connectivity index (χ1) is 11.2. The maximum atomic E-state index is 13.5. The number of anilines is 1. The van der Waals surface area contributed by atoms with Gasteiger partial charge in [-0.2, -0.15) is 0 Å². The molecule has 1 fully saturated rings. The number of ether oxygens (including phenoxy) is 1. The number of hydrogen-bond donors (Lipinski definition) is 1. The number of hydrogen-bond acceptors (Lipinski definition) is 5. The second kappa shape index (κ2) is 7.02. The lowest BCUT2D eigenvalue weighted by atomic mass is 10.0. The quantitative estimate of drug-likeness (QED) is 0.675. The summed E-state index contributed by atoms with van der Waals surface area (Å²) in [6.45, 7) is 6.25. The SMILES string of the molecule is CC(C)(C)OC(=O)NC1CCCN(c2cc(F)ccc2[N+](=O)[O-])C1. The van der Waals surface area contributed by atoms with E-state index in [9.17, 15) is 19.3 Å². The number of benzene rings is 1. The summed E-state index contributed by atoms with van der Waals surface area (Å²) >= 11 is 0. The van der Waals surface area contributed by atoms with E-state index in [2.05, 4.69) is 5.32 Å². The van der Waals surface area contributed by atoms with Crippen molar-refractivity contribution in [3.8, 4) is 0 Å². The number of carbonyl (C=O) groups excluding carboxylic acids is 1. The number of amides is 1. The first-order valence-electron chi connectivity index (χ1n) is 7.84. The third-order valence-corrected chi connectivity index (χ3v) is 3.62. The maximum absolute atomic E-state index is 13.5. The topological polar surface area (TPSA) is 84.7 Å². The Kier molecular flexibility index (Phi) is 5.26. The van der Waals surface area contributed by atoms with Crippen molar-refractivity contribution in [2.45, 2.75) is 45.3 Å². The van der Waals surface area contributed by atoms with Crippen molar-refractivity contribution < 1.29 is 18.8 Å². The summed E-state index contributed by atoms with van der Waals surface area (Å²) in [5.74, 6) is -0.530. The minimum Gasteiger partial charge on any atom is -0.444 e. The summed E-state index contributed by atoms with van der Waals surface area (Å²) in [6, 6.07) is 3.18. The molecule has 1 aliphatic rings. The highest BCUT2D eigenvalue weighted by Crippen LogP contribution is 2.31. The number of halogens is 1. The highest BCUT2D eigenvalue weighted by atomic mass is 19.1. The Balaban J connectivity index is 2.10. The van der Waals surface area contributed by atoms with Crippen molar-refractivity contribution in [2.24, 2.45) is 0 Å². The van der Waals surface area contributed by atoms with E-state index in [1.54, 1.807) is 25.7 Å². The number of nitro benzene ring substituents is 1. The van der Waals surface area contributed by atoms with Gasteiger partial charge in [0.25, 0.3) is 5.69 Å². The van der Waals surface area contributed by atoms with Gasteiger partial charge in [-0.05, 0) is 39.7 Å². The zero-order valence-electron chi connectivity index (χ0n) is 14.0. The van der Waals surface area contributed by atoms with E-state index in [1.165, 1.54) is 0 Å². The van der Waals surface area contributed by atoms with Crippen LogP contribution in [0, 0.1) is 15.9 Å². The van der Waals surface area contributed by atoms with Crippen LogP contribution in [-0.2, 0) is 4.74 Å². The molecule has 1 unspecified atom stereocenters. The van der Waals surface area contributed by atoms with Gasteiger partial charge in [0.2, 0.25) is 0 Å². The number of carbonyl (C=O) groups is 1. The van der Waals surface area contributed by atoms with Gasteiger partial charge < -0.3 is 15.0 Å². The van der Waals surface area contributed by atoms with Gasteiger partial charge in [0, 0.05) is 31.3 Å². The van der Waals surface area contributed by atoms with Gasteiger partial charge >= 0.3 is 6.09 Å². The van der Waals surface area contributed by atoms with Crippen LogP contribution >= 0.6 is 0 Å². The van der Waals surface area contributed by atoms with Crippen LogP contribution in [0.4, 0.5) is 20.6 Å². The molecule has 132 valence electrons. The molecule has 24 heavy (non-hydrogen) atoms. The third kappa shape index (κ3) is 4.81. The number of piperidine rings is 1. The number of nitrogens with zero attached hydrogens (tertiary/aromatic N) is 2. The van der Waals surface area contributed by atoms with Crippen molar-refractivity contribution in [2.75, 3.05) is 18.0 Å². The van der Waals surface area contributed by atoms with Crippen LogP contribution < -0.4 is 10.2 Å². The lowest BCUT2D eigenvalue weighted by Crippen LogP contribution is -2.49. The summed E-state index contributed by atoms with van der Waals surface area (Å²) in [6.07, 6.45) is 0.940. The number of nitrogens with one attached hydrogen (secondary N) is 1. The van der Waals surface area contributed by atoms with Gasteiger partial charge in [-0.25, -0.2) is 9.18 Å². The normalized spacial score (nSPS) is 18.2. The zero-order chi connectivity index (χ0) is 17.9. The maximum Gasteiger partial charge on any atom is 0.407 e. The average molecular weight is 339 g/mol. The van der Waals surface area contributed by atoms with Gasteiger partial charge in [-0.15, -0.1) is 0 Å². The Labute approximate surface area is 139 Å². The molecular formula is C16H22FN3O4. The molecule has 0 bridgehead atoms. The second-order valence-corrected chi connectivity index (χ2v) is 6.82. The fourth-order valence-electron chi connectivity index (χ4n) is 2.69. The number of rotatable bonds is 3. The molecule has 0 aromatic heterocycles. The van der Waals surface area contributed by atoms with Crippen LogP contribution in [-0.4, -0.2) is 35.7 Å². The van der Waals surface area contributed by atoms with Crippen LogP contribution in [0.1, 0.15) is 33.6 Å². The lowest BCUT2D eigenvalue weighted by Gasteiger charge is -2.34. The van der Waals surface area contributed by atoms with Crippen LogP contribution in [0.3, 0.4) is 0 Å². The average Bonchev–Trinajstić information content (AvgIpc) is 2.45. The predicted octanol–water partition coefficient (Wildman–Crippen LogP) is 3.23. The molecule has 1 saturated heterocycles. The fraction of sp³-hybridized carbons (Fsp3) is 0.562. The van der Waals surface area contributed by atoms with E-state index in [4.69, 9.17) is 4.74 Å². The molecule has 0 radical (unpaired) electrons. The minimum absolute atomic E-state index is 0.144. The highest BCUT2D eigenvalue weighted by molar-refractivity contribution is 5.68. The first-order valence-corrected chi connectivity index (χ1v) is 7.84. The Morgan fingerprint density at radius 1 is 1.46 bits per heavy atom.